The van der Waals surface area contributed by atoms with Crippen LogP contribution < -0.4 is 5.46 Å². The summed E-state index contributed by atoms with van der Waals surface area (Å²) in [6.07, 6.45) is 1.08. The smallest absolute Gasteiger partial charge is 0.469 e. The van der Waals surface area contributed by atoms with Crippen molar-refractivity contribution in [1.29, 1.82) is 0 Å². The average Bonchev–Trinajstić information content (AvgIpc) is 2.79. The monoisotopic (exact) mass is 340 g/mol. The summed E-state index contributed by atoms with van der Waals surface area (Å²) in [6.45, 7) is 8.23. The topological polar surface area (TPSA) is 44.8 Å². The van der Waals surface area contributed by atoms with Crippen molar-refractivity contribution in [2.24, 2.45) is 0 Å². The molecular formula is C20H25BO4. The normalized spacial score (nSPS) is 18.5. The van der Waals surface area contributed by atoms with E-state index in [0.717, 1.165) is 21.8 Å². The number of rotatable bonds is 4. The van der Waals surface area contributed by atoms with Crippen LogP contribution in [0.3, 0.4) is 0 Å². The van der Waals surface area contributed by atoms with Crippen molar-refractivity contribution < 1.29 is 18.8 Å². The van der Waals surface area contributed by atoms with E-state index in [-0.39, 0.29) is 24.3 Å². The van der Waals surface area contributed by atoms with Crippen LogP contribution in [0, 0.1) is 0 Å². The molecule has 1 heterocycles. The molecule has 0 atom stereocenters. The summed E-state index contributed by atoms with van der Waals surface area (Å²) in [5, 5.41) is 2.27. The molecule has 0 aliphatic carbocycles. The van der Waals surface area contributed by atoms with Crippen LogP contribution in [0.15, 0.2) is 36.4 Å². The van der Waals surface area contributed by atoms with E-state index in [1.165, 1.54) is 7.11 Å². The molecule has 0 saturated carbocycles. The second kappa shape index (κ2) is 6.47. The highest BCUT2D eigenvalue weighted by molar-refractivity contribution is 6.62. The van der Waals surface area contributed by atoms with Crippen LogP contribution in [0.1, 0.15) is 39.7 Å². The van der Waals surface area contributed by atoms with Gasteiger partial charge < -0.3 is 14.0 Å². The van der Waals surface area contributed by atoms with E-state index in [0.29, 0.717) is 12.8 Å². The molecular weight excluding hydrogens is 315 g/mol. The molecule has 1 aliphatic heterocycles. The van der Waals surface area contributed by atoms with E-state index in [4.69, 9.17) is 14.0 Å². The Balaban J connectivity index is 1.81. The van der Waals surface area contributed by atoms with Crippen molar-refractivity contribution in [3.8, 4) is 0 Å². The molecule has 0 bridgehead atoms. The summed E-state index contributed by atoms with van der Waals surface area (Å²) in [6, 6.07) is 12.5. The van der Waals surface area contributed by atoms with E-state index < -0.39 is 0 Å². The van der Waals surface area contributed by atoms with Gasteiger partial charge in [-0.1, -0.05) is 36.4 Å². The highest BCUT2D eigenvalue weighted by Crippen LogP contribution is 2.36. The quantitative estimate of drug-likeness (QED) is 0.633. The van der Waals surface area contributed by atoms with E-state index >= 15 is 0 Å². The Hall–Kier alpha value is -1.85. The fourth-order valence-electron chi connectivity index (χ4n) is 2.94. The maximum atomic E-state index is 11.3. The molecule has 2 aromatic carbocycles. The van der Waals surface area contributed by atoms with E-state index in [9.17, 15) is 4.79 Å². The van der Waals surface area contributed by atoms with Crippen molar-refractivity contribution in [2.75, 3.05) is 7.11 Å². The SMILES string of the molecule is COC(=O)CCc1ccc2cc(B3OC(C)(C)C(C)(C)O3)ccc2c1. The van der Waals surface area contributed by atoms with Gasteiger partial charge in [0, 0.05) is 6.42 Å². The zero-order valence-electron chi connectivity index (χ0n) is 15.6. The van der Waals surface area contributed by atoms with Gasteiger partial charge in [0.15, 0.2) is 0 Å². The van der Waals surface area contributed by atoms with Crippen LogP contribution in [0.4, 0.5) is 0 Å². The van der Waals surface area contributed by atoms with Crippen molar-refractivity contribution in [2.45, 2.75) is 51.7 Å². The zero-order valence-corrected chi connectivity index (χ0v) is 15.6. The summed E-state index contributed by atoms with van der Waals surface area (Å²) in [5.74, 6) is -0.184. The van der Waals surface area contributed by atoms with Gasteiger partial charge in [-0.25, -0.2) is 0 Å². The van der Waals surface area contributed by atoms with Crippen molar-refractivity contribution in [3.63, 3.8) is 0 Å². The lowest BCUT2D eigenvalue weighted by Crippen LogP contribution is -2.41. The third-order valence-electron chi connectivity index (χ3n) is 5.30. The summed E-state index contributed by atoms with van der Waals surface area (Å²) >= 11 is 0. The highest BCUT2D eigenvalue weighted by atomic mass is 16.7. The van der Waals surface area contributed by atoms with Crippen molar-refractivity contribution in [1.82, 2.24) is 0 Å². The fourth-order valence-corrected chi connectivity index (χ4v) is 2.94. The van der Waals surface area contributed by atoms with Gasteiger partial charge >= 0.3 is 13.1 Å². The van der Waals surface area contributed by atoms with E-state index in [1.807, 2.05) is 0 Å². The molecule has 0 aromatic heterocycles. The lowest BCUT2D eigenvalue weighted by molar-refractivity contribution is -0.140. The minimum atomic E-state index is -0.353. The Bertz CT molecular complexity index is 781. The molecule has 1 fully saturated rings. The molecule has 5 heteroatoms. The first-order valence-corrected chi connectivity index (χ1v) is 8.67. The Morgan fingerprint density at radius 1 is 1.00 bits per heavy atom. The van der Waals surface area contributed by atoms with Gasteiger partial charge in [-0.15, -0.1) is 0 Å². The van der Waals surface area contributed by atoms with Crippen LogP contribution in [-0.4, -0.2) is 31.4 Å². The highest BCUT2D eigenvalue weighted by Gasteiger charge is 2.51. The maximum absolute atomic E-state index is 11.3. The third-order valence-corrected chi connectivity index (χ3v) is 5.30. The lowest BCUT2D eigenvalue weighted by atomic mass is 9.78. The second-order valence-electron chi connectivity index (χ2n) is 7.61. The number of ether oxygens (including phenoxy) is 1. The number of esters is 1. The molecule has 25 heavy (non-hydrogen) atoms. The lowest BCUT2D eigenvalue weighted by Gasteiger charge is -2.32. The number of fused-ring (bicyclic) bond motifs is 1. The van der Waals surface area contributed by atoms with Gasteiger partial charge in [-0.2, -0.15) is 0 Å². The van der Waals surface area contributed by atoms with Crippen LogP contribution in [-0.2, 0) is 25.3 Å². The predicted molar refractivity (Wildman–Crippen MR) is 100 cm³/mol. The molecule has 0 radical (unpaired) electrons. The molecule has 132 valence electrons. The molecule has 0 spiro atoms. The summed E-state index contributed by atoms with van der Waals surface area (Å²) in [7, 11) is 1.06. The summed E-state index contributed by atoms with van der Waals surface area (Å²) in [5.41, 5.74) is 1.46. The van der Waals surface area contributed by atoms with Gasteiger partial charge in [0.1, 0.15) is 0 Å². The number of benzene rings is 2. The largest absolute Gasteiger partial charge is 0.494 e. The molecule has 0 amide bonds. The molecule has 1 aliphatic rings. The minimum Gasteiger partial charge on any atom is -0.469 e. The number of hydrogen-bond acceptors (Lipinski definition) is 4. The minimum absolute atomic E-state index is 0.184. The predicted octanol–water partition coefficient (Wildman–Crippen LogP) is 3.24. The Labute approximate surface area is 149 Å². The first-order valence-electron chi connectivity index (χ1n) is 8.67. The summed E-state index contributed by atoms with van der Waals surface area (Å²) < 4.78 is 17.0. The first kappa shape index (κ1) is 18.0. The fraction of sp³-hybridized carbons (Fsp3) is 0.450. The maximum Gasteiger partial charge on any atom is 0.494 e. The van der Waals surface area contributed by atoms with Gasteiger partial charge in [0.05, 0.1) is 18.3 Å². The van der Waals surface area contributed by atoms with Gasteiger partial charge in [0.2, 0.25) is 0 Å². The molecule has 3 rings (SSSR count). The standard InChI is InChI=1S/C20H25BO4/c1-19(2)20(3,4)25-21(24-19)17-10-9-15-12-14(6-8-16(15)13-17)7-11-18(22)23-5/h6,8-10,12-13H,7,11H2,1-5H3. The third kappa shape index (κ3) is 3.58. The number of carbonyl (C=O) groups is 1. The second-order valence-corrected chi connectivity index (χ2v) is 7.61. The van der Waals surface area contributed by atoms with E-state index in [2.05, 4.69) is 64.1 Å². The average molecular weight is 340 g/mol. The number of hydrogen-bond donors (Lipinski definition) is 0. The van der Waals surface area contributed by atoms with Crippen molar-refractivity contribution >= 4 is 29.3 Å². The van der Waals surface area contributed by atoms with Crippen molar-refractivity contribution in [3.05, 3.63) is 42.0 Å². The molecule has 4 nitrogen and oxygen atoms in total. The molecule has 0 unspecified atom stereocenters. The Morgan fingerprint density at radius 3 is 2.24 bits per heavy atom. The van der Waals surface area contributed by atoms with Crippen LogP contribution in [0.2, 0.25) is 0 Å². The molecule has 1 saturated heterocycles. The Morgan fingerprint density at radius 2 is 1.60 bits per heavy atom. The summed E-state index contributed by atoms with van der Waals surface area (Å²) in [4.78, 5) is 11.3. The number of carbonyl (C=O) groups excluding carboxylic acids is 1. The zero-order chi connectivity index (χ0) is 18.2. The van der Waals surface area contributed by atoms with Crippen LogP contribution in [0.5, 0.6) is 0 Å². The van der Waals surface area contributed by atoms with Gasteiger partial charge in [-0.3, -0.25) is 4.79 Å². The van der Waals surface area contributed by atoms with Gasteiger partial charge in [-0.05, 0) is 55.9 Å². The van der Waals surface area contributed by atoms with Gasteiger partial charge in [0.25, 0.3) is 0 Å². The first-order chi connectivity index (χ1) is 11.7. The van der Waals surface area contributed by atoms with Crippen LogP contribution in [0.25, 0.3) is 10.8 Å². The Kier molecular flexibility index (Phi) is 4.65. The van der Waals surface area contributed by atoms with Crippen LogP contribution >= 0.6 is 0 Å². The van der Waals surface area contributed by atoms with E-state index in [1.54, 1.807) is 0 Å². The number of methoxy groups -OCH3 is 1. The molecule has 2 aromatic rings. The molecule has 0 N–H and O–H groups in total. The number of aryl methyl sites for hydroxylation is 1.